The van der Waals surface area contributed by atoms with Crippen LogP contribution in [0, 0.1) is 6.92 Å². The zero-order chi connectivity index (χ0) is 15.7. The average molecular weight is 297 g/mol. The van der Waals surface area contributed by atoms with Gasteiger partial charge in [-0.1, -0.05) is 31.2 Å². The van der Waals surface area contributed by atoms with Crippen molar-refractivity contribution in [1.82, 2.24) is 14.8 Å². The summed E-state index contributed by atoms with van der Waals surface area (Å²) in [4.78, 5) is 24.4. The quantitative estimate of drug-likeness (QED) is 0.715. The molecule has 1 aromatic heterocycles. The van der Waals surface area contributed by atoms with E-state index >= 15 is 0 Å². The van der Waals surface area contributed by atoms with Gasteiger partial charge < -0.3 is 0 Å². The molecule has 0 fully saturated rings. The fraction of sp³-hybridized carbons (Fsp3) is 0.267. The highest BCUT2D eigenvalue weighted by Crippen LogP contribution is 2.07. The number of hydrogen-bond donors (Lipinski definition) is 1. The van der Waals surface area contributed by atoms with Crippen molar-refractivity contribution >= 4 is 16.7 Å². The van der Waals surface area contributed by atoms with Gasteiger partial charge in [0.2, 0.25) is 16.8 Å². The molecule has 0 amide bonds. The molecule has 112 valence electrons. The van der Waals surface area contributed by atoms with Crippen LogP contribution in [0.25, 0.3) is 10.8 Å². The Bertz CT molecular complexity index is 930. The summed E-state index contributed by atoms with van der Waals surface area (Å²) in [5.41, 5.74) is 1.95. The molecule has 2 aromatic carbocycles. The lowest BCUT2D eigenvalue weighted by Gasteiger charge is -2.04. The molecule has 7 heteroatoms. The van der Waals surface area contributed by atoms with Gasteiger partial charge in [0, 0.05) is 17.3 Å². The third-order valence-corrected chi connectivity index (χ3v) is 3.50. The standard InChI is InChI=1S/C15H15N5O2/c1-3-8-20-9(2)16-18-15(20)19-17-12-13(21)10-6-4-5-7-11(10)14(12)22/h4-7H,3,8H2,1-2H3,(H,18,19). The second-order valence-electron chi connectivity index (χ2n) is 5.00. The predicted molar refractivity (Wildman–Crippen MR) is 83.1 cm³/mol. The van der Waals surface area contributed by atoms with E-state index in [2.05, 4.69) is 20.7 Å². The first-order chi connectivity index (χ1) is 10.6. The Labute approximate surface area is 125 Å². The van der Waals surface area contributed by atoms with E-state index in [0.717, 1.165) is 18.8 Å². The molecule has 22 heavy (non-hydrogen) atoms. The molecule has 3 aromatic rings. The topological polar surface area (TPSA) is 89.2 Å². The highest BCUT2D eigenvalue weighted by molar-refractivity contribution is 5.83. The monoisotopic (exact) mass is 297 g/mol. The number of aromatic nitrogens is 3. The molecule has 3 rings (SSSR count). The first kappa shape index (κ1) is 14.1. The largest absolute Gasteiger partial charge is 0.296 e. The number of aryl methyl sites for hydroxylation is 1. The molecule has 0 radical (unpaired) electrons. The highest BCUT2D eigenvalue weighted by Gasteiger charge is 2.11. The minimum atomic E-state index is -0.369. The summed E-state index contributed by atoms with van der Waals surface area (Å²) in [5.74, 6) is 1.17. The number of nitrogens with zero attached hydrogens (tertiary/aromatic N) is 4. The van der Waals surface area contributed by atoms with Crippen LogP contribution in [0.1, 0.15) is 19.2 Å². The molecule has 0 aliphatic rings. The van der Waals surface area contributed by atoms with Crippen molar-refractivity contribution in [3.63, 3.8) is 0 Å². The van der Waals surface area contributed by atoms with E-state index in [1.807, 2.05) is 18.4 Å². The van der Waals surface area contributed by atoms with Crippen molar-refractivity contribution in [2.24, 2.45) is 5.10 Å². The van der Waals surface area contributed by atoms with Crippen LogP contribution >= 0.6 is 0 Å². The minimum Gasteiger partial charge on any atom is -0.296 e. The van der Waals surface area contributed by atoms with Crippen molar-refractivity contribution in [2.45, 2.75) is 26.8 Å². The Hall–Kier alpha value is -2.83. The van der Waals surface area contributed by atoms with Crippen molar-refractivity contribution in [3.05, 3.63) is 55.9 Å². The van der Waals surface area contributed by atoms with Crippen molar-refractivity contribution in [1.29, 1.82) is 0 Å². The van der Waals surface area contributed by atoms with Crippen LogP contribution in [0.15, 0.2) is 39.0 Å². The Morgan fingerprint density at radius 1 is 1.14 bits per heavy atom. The van der Waals surface area contributed by atoms with Gasteiger partial charge in [0.05, 0.1) is 0 Å². The lowest BCUT2D eigenvalue weighted by Crippen LogP contribution is -2.32. The van der Waals surface area contributed by atoms with Crippen LogP contribution in [-0.2, 0) is 6.54 Å². The maximum Gasteiger partial charge on any atom is 0.245 e. The maximum absolute atomic E-state index is 12.2. The summed E-state index contributed by atoms with van der Waals surface area (Å²) in [5, 5.41) is 12.6. The van der Waals surface area contributed by atoms with Gasteiger partial charge in [0.15, 0.2) is 5.36 Å². The third kappa shape index (κ3) is 2.20. The number of anilines is 1. The number of nitrogens with one attached hydrogen (secondary N) is 1. The van der Waals surface area contributed by atoms with E-state index in [1.54, 1.807) is 24.3 Å². The van der Waals surface area contributed by atoms with Crippen molar-refractivity contribution in [2.75, 3.05) is 5.43 Å². The highest BCUT2D eigenvalue weighted by atomic mass is 16.1. The molecular weight excluding hydrogens is 282 g/mol. The van der Waals surface area contributed by atoms with Gasteiger partial charge in [-0.3, -0.25) is 14.2 Å². The van der Waals surface area contributed by atoms with Gasteiger partial charge in [-0.05, 0) is 13.3 Å². The summed E-state index contributed by atoms with van der Waals surface area (Å²) in [6.45, 7) is 4.60. The first-order valence-electron chi connectivity index (χ1n) is 7.05. The second-order valence-corrected chi connectivity index (χ2v) is 5.00. The van der Waals surface area contributed by atoms with Gasteiger partial charge >= 0.3 is 0 Å². The summed E-state index contributed by atoms with van der Waals surface area (Å²) < 4.78 is 1.85. The molecule has 0 bridgehead atoms. The van der Waals surface area contributed by atoms with Crippen molar-refractivity contribution < 1.29 is 0 Å². The van der Waals surface area contributed by atoms with Crippen LogP contribution in [0.5, 0.6) is 0 Å². The zero-order valence-corrected chi connectivity index (χ0v) is 12.3. The molecule has 0 unspecified atom stereocenters. The molecule has 0 aliphatic heterocycles. The van der Waals surface area contributed by atoms with Gasteiger partial charge in [0.1, 0.15) is 5.82 Å². The number of hydrogen-bond acceptors (Lipinski definition) is 6. The van der Waals surface area contributed by atoms with E-state index in [0.29, 0.717) is 16.7 Å². The molecular formula is C15H15N5O2. The molecule has 7 nitrogen and oxygen atoms in total. The normalized spacial score (nSPS) is 11.0. The van der Waals surface area contributed by atoms with E-state index in [9.17, 15) is 9.59 Å². The molecule has 1 N–H and O–H groups in total. The van der Waals surface area contributed by atoms with Gasteiger partial charge in [0.25, 0.3) is 0 Å². The van der Waals surface area contributed by atoms with E-state index < -0.39 is 0 Å². The minimum absolute atomic E-state index is 0.120. The second kappa shape index (κ2) is 5.51. The number of benzene rings is 1. The van der Waals surface area contributed by atoms with E-state index in [-0.39, 0.29) is 16.2 Å². The average Bonchev–Trinajstić information content (AvgIpc) is 2.99. The van der Waals surface area contributed by atoms with Crippen LogP contribution in [0.3, 0.4) is 0 Å². The Kier molecular flexibility index (Phi) is 3.54. The first-order valence-corrected chi connectivity index (χ1v) is 7.05. The van der Waals surface area contributed by atoms with Crippen LogP contribution in [0.4, 0.5) is 5.95 Å². The smallest absolute Gasteiger partial charge is 0.245 e. The number of fused-ring (bicyclic) bond motifs is 1. The lowest BCUT2D eigenvalue weighted by atomic mass is 10.2. The van der Waals surface area contributed by atoms with Crippen LogP contribution in [0.2, 0.25) is 0 Å². The Morgan fingerprint density at radius 2 is 1.77 bits per heavy atom. The SMILES string of the molecule is CCCn1c(C)nnc1NN=c1c(=O)c2ccccc2c1=O. The van der Waals surface area contributed by atoms with E-state index in [1.165, 1.54) is 0 Å². The number of rotatable bonds is 4. The van der Waals surface area contributed by atoms with Gasteiger partial charge in [-0.15, -0.1) is 10.2 Å². The zero-order valence-electron chi connectivity index (χ0n) is 12.3. The fourth-order valence-electron chi connectivity index (χ4n) is 2.40. The summed E-state index contributed by atoms with van der Waals surface area (Å²) in [7, 11) is 0. The molecule has 0 saturated heterocycles. The predicted octanol–water partition coefficient (Wildman–Crippen LogP) is 0.674. The molecule has 0 aliphatic carbocycles. The van der Waals surface area contributed by atoms with Gasteiger partial charge in [-0.2, -0.15) is 5.10 Å². The maximum atomic E-state index is 12.2. The fourth-order valence-corrected chi connectivity index (χ4v) is 2.40. The molecule has 0 spiro atoms. The lowest BCUT2D eigenvalue weighted by molar-refractivity contribution is 0.661. The summed E-state index contributed by atoms with van der Waals surface area (Å²) in [6.07, 6.45) is 0.910. The third-order valence-electron chi connectivity index (χ3n) is 3.50. The van der Waals surface area contributed by atoms with Crippen LogP contribution < -0.4 is 21.6 Å². The molecule has 1 heterocycles. The van der Waals surface area contributed by atoms with Crippen LogP contribution in [-0.4, -0.2) is 14.8 Å². The van der Waals surface area contributed by atoms with Crippen molar-refractivity contribution in [3.8, 4) is 0 Å². The van der Waals surface area contributed by atoms with E-state index in [4.69, 9.17) is 0 Å². The molecule has 0 atom stereocenters. The molecule has 0 saturated carbocycles. The Morgan fingerprint density at radius 3 is 2.36 bits per heavy atom. The Balaban J connectivity index is 2.08. The van der Waals surface area contributed by atoms with Gasteiger partial charge in [-0.25, -0.2) is 5.43 Å². The summed E-state index contributed by atoms with van der Waals surface area (Å²) in [6, 6.07) is 6.70. The summed E-state index contributed by atoms with van der Waals surface area (Å²) >= 11 is 0.